The summed E-state index contributed by atoms with van der Waals surface area (Å²) in [5, 5.41) is 8.59. The van der Waals surface area contributed by atoms with Crippen molar-refractivity contribution in [3.05, 3.63) is 24.0 Å². The molecule has 1 N–H and O–H groups in total. The number of carbonyl (C=O) groups is 1. The first kappa shape index (κ1) is 21.7. The van der Waals surface area contributed by atoms with Gasteiger partial charge in [0, 0.05) is 37.3 Å². The molecule has 1 aliphatic rings. The molecule has 25 heavy (non-hydrogen) atoms. The molecule has 0 radical (unpaired) electrons. The molecule has 8 heteroatoms. The van der Waals surface area contributed by atoms with E-state index in [1.807, 2.05) is 22.7 Å². The van der Waals surface area contributed by atoms with E-state index in [0.717, 1.165) is 43.5 Å². The average molecular weight is 388 g/mol. The van der Waals surface area contributed by atoms with Crippen LogP contribution in [0, 0.1) is 5.92 Å². The summed E-state index contributed by atoms with van der Waals surface area (Å²) < 4.78 is 1.91. The molecule has 0 aromatic carbocycles. The monoisotopic (exact) mass is 387 g/mol. The first-order valence-corrected chi connectivity index (χ1v) is 8.36. The number of likely N-dealkylation sites (tertiary alicyclic amines) is 1. The zero-order valence-electron chi connectivity index (χ0n) is 14.9. The molecule has 2 aromatic rings. The number of rotatable bonds is 4. The molecular weight excluding hydrogens is 361 g/mol. The summed E-state index contributed by atoms with van der Waals surface area (Å²) in [7, 11) is 1.95. The number of nitrogens with zero attached hydrogens (tertiary/aromatic N) is 4. The van der Waals surface area contributed by atoms with Crippen LogP contribution < -0.4 is 5.32 Å². The Morgan fingerprint density at radius 2 is 2.12 bits per heavy atom. The number of pyridine rings is 1. The Hall–Kier alpha value is -1.37. The summed E-state index contributed by atoms with van der Waals surface area (Å²) in [6.07, 6.45) is 5.65. The molecule has 0 saturated carbocycles. The Kier molecular flexibility index (Phi) is 8.12. The van der Waals surface area contributed by atoms with E-state index in [1.165, 1.54) is 0 Å². The van der Waals surface area contributed by atoms with Crippen molar-refractivity contribution >= 4 is 41.8 Å². The van der Waals surface area contributed by atoms with E-state index in [1.54, 1.807) is 12.4 Å². The zero-order chi connectivity index (χ0) is 16.4. The quantitative estimate of drug-likeness (QED) is 0.875. The minimum atomic E-state index is 0. The Morgan fingerprint density at radius 3 is 2.80 bits per heavy atom. The predicted octanol–water partition coefficient (Wildman–Crippen LogP) is 2.75. The number of piperidine rings is 1. The molecule has 1 saturated heterocycles. The Balaban J connectivity index is 0.00000156. The molecular formula is C17H27Cl2N5O. The van der Waals surface area contributed by atoms with Crippen molar-refractivity contribution in [2.45, 2.75) is 39.3 Å². The Labute approximate surface area is 161 Å². The van der Waals surface area contributed by atoms with Crippen LogP contribution in [0.3, 0.4) is 0 Å². The van der Waals surface area contributed by atoms with Crippen molar-refractivity contribution in [2.24, 2.45) is 5.92 Å². The van der Waals surface area contributed by atoms with Gasteiger partial charge in [0.05, 0.1) is 11.8 Å². The van der Waals surface area contributed by atoms with Gasteiger partial charge in [0.1, 0.15) is 0 Å². The number of hydrogen-bond acceptors (Lipinski definition) is 4. The molecule has 1 fully saturated rings. The number of aromatic nitrogens is 3. The van der Waals surface area contributed by atoms with Crippen LogP contribution in [0.1, 0.15) is 37.0 Å². The molecule has 1 unspecified atom stereocenters. The van der Waals surface area contributed by atoms with Gasteiger partial charge in [-0.05, 0) is 31.9 Å². The van der Waals surface area contributed by atoms with E-state index in [2.05, 4.69) is 29.2 Å². The lowest BCUT2D eigenvalue weighted by atomic mass is 10.0. The number of halogens is 2. The molecule has 2 aromatic heterocycles. The van der Waals surface area contributed by atoms with Crippen molar-refractivity contribution in [3.63, 3.8) is 0 Å². The molecule has 0 spiro atoms. The largest absolute Gasteiger partial charge is 0.337 e. The van der Waals surface area contributed by atoms with Gasteiger partial charge in [0.2, 0.25) is 0 Å². The third-order valence-corrected chi connectivity index (χ3v) is 4.38. The fraction of sp³-hybridized carbons (Fsp3) is 0.588. The molecule has 140 valence electrons. The van der Waals surface area contributed by atoms with Crippen LogP contribution in [0.25, 0.3) is 11.0 Å². The van der Waals surface area contributed by atoms with Gasteiger partial charge in [-0.15, -0.1) is 24.8 Å². The van der Waals surface area contributed by atoms with Crippen LogP contribution in [0.5, 0.6) is 0 Å². The second-order valence-corrected chi connectivity index (χ2v) is 6.74. The van der Waals surface area contributed by atoms with Crippen molar-refractivity contribution in [2.75, 3.05) is 20.1 Å². The van der Waals surface area contributed by atoms with E-state index in [9.17, 15) is 4.79 Å². The molecule has 1 atom stereocenters. The molecule has 0 bridgehead atoms. The second-order valence-electron chi connectivity index (χ2n) is 6.74. The number of carbonyl (C=O) groups excluding carboxylic acids is 1. The Morgan fingerprint density at radius 1 is 1.36 bits per heavy atom. The number of nitrogens with one attached hydrogen (secondary N) is 1. The van der Waals surface area contributed by atoms with Gasteiger partial charge in [-0.3, -0.25) is 4.79 Å². The summed E-state index contributed by atoms with van der Waals surface area (Å²) >= 11 is 0. The molecule has 6 nitrogen and oxygen atoms in total. The lowest BCUT2D eigenvalue weighted by molar-refractivity contribution is 0.0698. The van der Waals surface area contributed by atoms with Gasteiger partial charge in [-0.25, -0.2) is 9.67 Å². The van der Waals surface area contributed by atoms with Gasteiger partial charge in [0.25, 0.3) is 5.91 Å². The Bertz CT molecular complexity index is 703. The van der Waals surface area contributed by atoms with Gasteiger partial charge < -0.3 is 10.2 Å². The van der Waals surface area contributed by atoms with Crippen LogP contribution in [-0.2, 0) is 6.54 Å². The van der Waals surface area contributed by atoms with E-state index in [-0.39, 0.29) is 30.7 Å². The van der Waals surface area contributed by atoms with Crippen molar-refractivity contribution < 1.29 is 4.79 Å². The first-order valence-electron chi connectivity index (χ1n) is 8.36. The van der Waals surface area contributed by atoms with E-state index in [4.69, 9.17) is 0 Å². The highest BCUT2D eigenvalue weighted by Crippen LogP contribution is 2.18. The highest BCUT2D eigenvalue weighted by Gasteiger charge is 2.24. The maximum atomic E-state index is 12.7. The SMILES string of the molecule is CNC1CCCN(C(=O)c2cnc3c(cnn3CC(C)C)c2)C1.Cl.Cl. The minimum Gasteiger partial charge on any atom is -0.337 e. The highest BCUT2D eigenvalue weighted by atomic mass is 35.5. The first-order chi connectivity index (χ1) is 11.1. The van der Waals surface area contributed by atoms with Gasteiger partial charge in [0.15, 0.2) is 5.65 Å². The van der Waals surface area contributed by atoms with Crippen molar-refractivity contribution in [1.82, 2.24) is 25.0 Å². The third-order valence-electron chi connectivity index (χ3n) is 4.38. The lowest BCUT2D eigenvalue weighted by Gasteiger charge is -2.32. The summed E-state index contributed by atoms with van der Waals surface area (Å²) in [4.78, 5) is 19.1. The van der Waals surface area contributed by atoms with Gasteiger partial charge >= 0.3 is 0 Å². The standard InChI is InChI=1S/C17H25N5O.2ClH/c1-12(2)10-22-16-13(9-20-22)7-14(8-19-16)17(23)21-6-4-5-15(11-21)18-3;;/h7-9,12,15,18H,4-6,10-11H2,1-3H3;2*1H. The maximum absolute atomic E-state index is 12.7. The fourth-order valence-corrected chi connectivity index (χ4v) is 3.15. The summed E-state index contributed by atoms with van der Waals surface area (Å²) in [5.41, 5.74) is 1.50. The third kappa shape index (κ3) is 4.84. The molecule has 3 rings (SSSR count). The van der Waals surface area contributed by atoms with Crippen LogP contribution in [0.4, 0.5) is 0 Å². The molecule has 1 amide bonds. The van der Waals surface area contributed by atoms with Crippen LogP contribution in [0.2, 0.25) is 0 Å². The number of amides is 1. The van der Waals surface area contributed by atoms with Crippen LogP contribution >= 0.6 is 24.8 Å². The summed E-state index contributed by atoms with van der Waals surface area (Å²) in [5.74, 6) is 0.573. The topological polar surface area (TPSA) is 63.1 Å². The maximum Gasteiger partial charge on any atom is 0.255 e. The van der Waals surface area contributed by atoms with Crippen molar-refractivity contribution in [1.29, 1.82) is 0 Å². The molecule has 3 heterocycles. The summed E-state index contributed by atoms with van der Waals surface area (Å²) in [6.45, 7) is 6.72. The second kappa shape index (κ2) is 9.36. The normalized spacial score (nSPS) is 17.3. The number of fused-ring (bicyclic) bond motifs is 1. The van der Waals surface area contributed by atoms with E-state index in [0.29, 0.717) is 17.5 Å². The molecule has 0 aliphatic carbocycles. The zero-order valence-corrected chi connectivity index (χ0v) is 16.6. The van der Waals surface area contributed by atoms with Gasteiger partial charge in [-0.2, -0.15) is 5.10 Å². The van der Waals surface area contributed by atoms with Crippen molar-refractivity contribution in [3.8, 4) is 0 Å². The fourth-order valence-electron chi connectivity index (χ4n) is 3.15. The number of hydrogen-bond donors (Lipinski definition) is 1. The van der Waals surface area contributed by atoms with Crippen LogP contribution in [-0.4, -0.2) is 51.8 Å². The number of likely N-dealkylation sites (N-methyl/N-ethyl adjacent to an activating group) is 1. The smallest absolute Gasteiger partial charge is 0.255 e. The van der Waals surface area contributed by atoms with E-state index < -0.39 is 0 Å². The summed E-state index contributed by atoms with van der Waals surface area (Å²) in [6, 6.07) is 2.30. The van der Waals surface area contributed by atoms with Gasteiger partial charge in [-0.1, -0.05) is 13.8 Å². The van der Waals surface area contributed by atoms with E-state index >= 15 is 0 Å². The average Bonchev–Trinajstić information content (AvgIpc) is 2.95. The minimum absolute atomic E-state index is 0. The van der Waals surface area contributed by atoms with Crippen LogP contribution in [0.15, 0.2) is 18.5 Å². The lowest BCUT2D eigenvalue weighted by Crippen LogP contribution is -2.46. The molecule has 1 aliphatic heterocycles. The highest BCUT2D eigenvalue weighted by molar-refractivity contribution is 5.96. The predicted molar refractivity (Wildman–Crippen MR) is 105 cm³/mol.